The summed E-state index contributed by atoms with van der Waals surface area (Å²) in [5.74, 6) is 0. The van der Waals surface area contributed by atoms with Crippen LogP contribution in [-0.2, 0) is 6.42 Å². The highest BCUT2D eigenvalue weighted by molar-refractivity contribution is 7.05. The molecule has 0 spiro atoms. The number of aromatic nitrogens is 3. The summed E-state index contributed by atoms with van der Waals surface area (Å²) in [6, 6.07) is 1.80. The van der Waals surface area contributed by atoms with Gasteiger partial charge in [-0.3, -0.25) is 4.98 Å². The van der Waals surface area contributed by atoms with Crippen LogP contribution in [0.15, 0.2) is 18.5 Å². The number of nitrogens with two attached hydrogens (primary N) is 1. The minimum atomic E-state index is -0.163. The molecule has 4 nitrogen and oxygen atoms in total. The van der Waals surface area contributed by atoms with E-state index < -0.39 is 0 Å². The fourth-order valence-corrected chi connectivity index (χ4v) is 2.40. The number of hydrogen-bond acceptors (Lipinski definition) is 5. The molecule has 0 amide bonds. The van der Waals surface area contributed by atoms with E-state index >= 15 is 0 Å². The Morgan fingerprint density at radius 2 is 2.31 bits per heavy atom. The van der Waals surface area contributed by atoms with Crippen molar-refractivity contribution < 1.29 is 0 Å². The Kier molecular flexibility index (Phi) is 3.26. The van der Waals surface area contributed by atoms with Crippen LogP contribution in [0, 0.1) is 6.92 Å². The standard InChI is InChI=1S/C11H14N4S/c1-3-9-11(16-15-14-9)10(12)8-6-13-5-4-7(8)2/h4-6,10H,3,12H2,1-2H3. The summed E-state index contributed by atoms with van der Waals surface area (Å²) in [4.78, 5) is 5.16. The molecule has 0 bridgehead atoms. The molecule has 0 fully saturated rings. The molecule has 5 heteroatoms. The first kappa shape index (κ1) is 11.2. The Labute approximate surface area is 98.7 Å². The van der Waals surface area contributed by atoms with Gasteiger partial charge >= 0.3 is 0 Å². The fourth-order valence-electron chi connectivity index (χ4n) is 1.64. The van der Waals surface area contributed by atoms with Gasteiger partial charge in [0.15, 0.2) is 0 Å². The number of nitrogens with zero attached hydrogens (tertiary/aromatic N) is 3. The summed E-state index contributed by atoms with van der Waals surface area (Å²) in [6.45, 7) is 4.10. The van der Waals surface area contributed by atoms with Crippen molar-refractivity contribution in [3.63, 3.8) is 0 Å². The van der Waals surface area contributed by atoms with E-state index in [1.807, 2.05) is 19.2 Å². The van der Waals surface area contributed by atoms with E-state index in [0.29, 0.717) is 0 Å². The normalized spacial score (nSPS) is 12.7. The Morgan fingerprint density at radius 3 is 3.00 bits per heavy atom. The molecule has 1 atom stereocenters. The summed E-state index contributed by atoms with van der Waals surface area (Å²) in [5.41, 5.74) is 9.41. The van der Waals surface area contributed by atoms with Crippen molar-refractivity contribution in [3.8, 4) is 0 Å². The van der Waals surface area contributed by atoms with Gasteiger partial charge in [0.2, 0.25) is 0 Å². The van der Waals surface area contributed by atoms with Crippen LogP contribution in [-0.4, -0.2) is 14.6 Å². The van der Waals surface area contributed by atoms with Crippen molar-refractivity contribution in [2.75, 3.05) is 0 Å². The van der Waals surface area contributed by atoms with Crippen LogP contribution >= 0.6 is 11.5 Å². The largest absolute Gasteiger partial charge is 0.319 e. The second kappa shape index (κ2) is 4.67. The molecule has 0 aliphatic heterocycles. The summed E-state index contributed by atoms with van der Waals surface area (Å²) in [6.07, 6.45) is 4.45. The van der Waals surface area contributed by atoms with Crippen molar-refractivity contribution >= 4 is 11.5 Å². The first-order valence-corrected chi connectivity index (χ1v) is 5.98. The molecule has 2 heterocycles. The molecular weight excluding hydrogens is 220 g/mol. The molecule has 0 radical (unpaired) electrons. The van der Waals surface area contributed by atoms with Crippen molar-refractivity contribution in [1.82, 2.24) is 14.6 Å². The third-order valence-electron chi connectivity index (χ3n) is 2.62. The van der Waals surface area contributed by atoms with E-state index in [-0.39, 0.29) is 6.04 Å². The van der Waals surface area contributed by atoms with Gasteiger partial charge in [0.25, 0.3) is 0 Å². The molecule has 2 rings (SSSR count). The third-order valence-corrected chi connectivity index (χ3v) is 3.47. The Balaban J connectivity index is 2.39. The summed E-state index contributed by atoms with van der Waals surface area (Å²) >= 11 is 1.37. The van der Waals surface area contributed by atoms with Crippen LogP contribution < -0.4 is 5.73 Å². The second-order valence-corrected chi connectivity index (χ2v) is 4.43. The molecule has 0 aliphatic carbocycles. The first-order valence-electron chi connectivity index (χ1n) is 5.21. The average Bonchev–Trinajstić information content (AvgIpc) is 2.77. The fraction of sp³-hybridized carbons (Fsp3) is 0.364. The molecule has 0 saturated heterocycles. The minimum absolute atomic E-state index is 0.163. The van der Waals surface area contributed by atoms with Gasteiger partial charge in [-0.1, -0.05) is 11.4 Å². The van der Waals surface area contributed by atoms with Crippen LogP contribution in [0.3, 0.4) is 0 Å². The lowest BCUT2D eigenvalue weighted by molar-refractivity contribution is 0.839. The number of rotatable bonds is 3. The van der Waals surface area contributed by atoms with E-state index in [4.69, 9.17) is 5.73 Å². The molecule has 0 saturated carbocycles. The lowest BCUT2D eigenvalue weighted by Crippen LogP contribution is -2.13. The Morgan fingerprint density at radius 1 is 1.50 bits per heavy atom. The zero-order chi connectivity index (χ0) is 11.5. The topological polar surface area (TPSA) is 64.7 Å². The van der Waals surface area contributed by atoms with Crippen LogP contribution in [0.1, 0.15) is 34.7 Å². The lowest BCUT2D eigenvalue weighted by atomic mass is 10.0. The van der Waals surface area contributed by atoms with Gasteiger partial charge in [-0.15, -0.1) is 5.10 Å². The highest BCUT2D eigenvalue weighted by atomic mass is 32.1. The number of aryl methyl sites for hydroxylation is 2. The maximum Gasteiger partial charge on any atom is 0.0804 e. The first-order chi connectivity index (χ1) is 7.74. The Hall–Kier alpha value is -1.33. The minimum Gasteiger partial charge on any atom is -0.319 e. The van der Waals surface area contributed by atoms with Crippen molar-refractivity contribution in [3.05, 3.63) is 40.2 Å². The lowest BCUT2D eigenvalue weighted by Gasteiger charge is -2.12. The molecular formula is C11H14N4S. The monoisotopic (exact) mass is 234 g/mol. The quantitative estimate of drug-likeness (QED) is 0.880. The van der Waals surface area contributed by atoms with Crippen LogP contribution in [0.2, 0.25) is 0 Å². The zero-order valence-electron chi connectivity index (χ0n) is 9.34. The smallest absolute Gasteiger partial charge is 0.0804 e. The highest BCUT2D eigenvalue weighted by Gasteiger charge is 2.17. The van der Waals surface area contributed by atoms with Crippen LogP contribution in [0.25, 0.3) is 0 Å². The third kappa shape index (κ3) is 1.96. The van der Waals surface area contributed by atoms with E-state index in [0.717, 1.165) is 28.1 Å². The van der Waals surface area contributed by atoms with Crippen molar-refractivity contribution in [2.24, 2.45) is 5.73 Å². The SMILES string of the molecule is CCc1nnsc1C(N)c1cnccc1C. The molecule has 1 unspecified atom stereocenters. The van der Waals surface area contributed by atoms with Gasteiger partial charge in [-0.25, -0.2) is 0 Å². The maximum atomic E-state index is 6.23. The molecule has 2 aromatic heterocycles. The molecule has 0 aromatic carbocycles. The van der Waals surface area contributed by atoms with Gasteiger partial charge in [0.05, 0.1) is 16.6 Å². The average molecular weight is 234 g/mol. The van der Waals surface area contributed by atoms with E-state index in [1.165, 1.54) is 11.5 Å². The molecule has 2 aromatic rings. The molecule has 0 aliphatic rings. The van der Waals surface area contributed by atoms with Gasteiger partial charge in [0, 0.05) is 12.4 Å². The van der Waals surface area contributed by atoms with E-state index in [2.05, 4.69) is 21.5 Å². The van der Waals surface area contributed by atoms with Gasteiger partial charge in [0.1, 0.15) is 0 Å². The molecule has 84 valence electrons. The van der Waals surface area contributed by atoms with Crippen LogP contribution in [0.5, 0.6) is 0 Å². The zero-order valence-corrected chi connectivity index (χ0v) is 10.2. The van der Waals surface area contributed by atoms with Gasteiger partial charge in [-0.05, 0) is 42.1 Å². The van der Waals surface area contributed by atoms with E-state index in [9.17, 15) is 0 Å². The predicted octanol–water partition coefficient (Wildman–Crippen LogP) is 1.85. The van der Waals surface area contributed by atoms with Crippen molar-refractivity contribution in [2.45, 2.75) is 26.3 Å². The maximum absolute atomic E-state index is 6.23. The predicted molar refractivity (Wildman–Crippen MR) is 64.3 cm³/mol. The Bertz CT molecular complexity index is 480. The highest BCUT2D eigenvalue weighted by Crippen LogP contribution is 2.26. The second-order valence-electron chi connectivity index (χ2n) is 3.65. The molecule has 16 heavy (non-hydrogen) atoms. The van der Waals surface area contributed by atoms with Gasteiger partial charge < -0.3 is 5.73 Å². The van der Waals surface area contributed by atoms with E-state index in [1.54, 1.807) is 6.20 Å². The summed E-state index contributed by atoms with van der Waals surface area (Å²) in [5, 5.41) is 4.08. The summed E-state index contributed by atoms with van der Waals surface area (Å²) < 4.78 is 3.96. The number of hydrogen-bond donors (Lipinski definition) is 1. The molecule has 2 N–H and O–H groups in total. The summed E-state index contributed by atoms with van der Waals surface area (Å²) in [7, 11) is 0. The van der Waals surface area contributed by atoms with Gasteiger partial charge in [-0.2, -0.15) is 0 Å². The van der Waals surface area contributed by atoms with Crippen LogP contribution in [0.4, 0.5) is 0 Å². The van der Waals surface area contributed by atoms with Crippen molar-refractivity contribution in [1.29, 1.82) is 0 Å². The number of pyridine rings is 1.